The lowest BCUT2D eigenvalue weighted by Crippen LogP contribution is -1.99. The maximum Gasteiger partial charge on any atom is -0.0274 e. The lowest BCUT2D eigenvalue weighted by atomic mass is 9.91. The predicted octanol–water partition coefficient (Wildman–Crippen LogP) is 4.65. The van der Waals surface area contributed by atoms with E-state index in [1.54, 1.807) is 5.56 Å². The van der Waals surface area contributed by atoms with E-state index < -0.39 is 0 Å². The van der Waals surface area contributed by atoms with E-state index in [1.165, 1.54) is 47.9 Å². The molecule has 0 radical (unpaired) electrons. The van der Waals surface area contributed by atoms with Crippen molar-refractivity contribution in [2.45, 2.75) is 60.3 Å². The monoisotopic (exact) mass is 204 g/mol. The highest BCUT2D eigenvalue weighted by atomic mass is 14.1. The Morgan fingerprint density at radius 1 is 0.867 bits per heavy atom. The van der Waals surface area contributed by atoms with Crippen LogP contribution in [0.1, 0.15) is 54.0 Å². The molecule has 0 fully saturated rings. The first kappa shape index (κ1) is 12.3. The van der Waals surface area contributed by atoms with Crippen LogP contribution in [0.3, 0.4) is 0 Å². The van der Waals surface area contributed by atoms with Crippen LogP contribution in [0.5, 0.6) is 0 Å². The van der Waals surface area contributed by atoms with Crippen LogP contribution in [0.25, 0.3) is 0 Å². The van der Waals surface area contributed by atoms with Gasteiger partial charge in [-0.2, -0.15) is 0 Å². The lowest BCUT2D eigenvalue weighted by Gasteiger charge is -2.14. The van der Waals surface area contributed by atoms with Crippen molar-refractivity contribution in [3.05, 3.63) is 33.9 Å². The minimum Gasteiger partial charge on any atom is -0.0654 e. The zero-order valence-electron chi connectivity index (χ0n) is 10.9. The van der Waals surface area contributed by atoms with Gasteiger partial charge < -0.3 is 0 Å². The van der Waals surface area contributed by atoms with Crippen LogP contribution < -0.4 is 0 Å². The largest absolute Gasteiger partial charge is 0.0654 e. The van der Waals surface area contributed by atoms with Gasteiger partial charge in [0, 0.05) is 0 Å². The molecule has 0 spiro atoms. The molecule has 0 amide bonds. The molecule has 0 aromatic heterocycles. The second-order valence-corrected chi connectivity index (χ2v) is 4.70. The summed E-state index contributed by atoms with van der Waals surface area (Å²) in [6.07, 6.45) is 5.25. The average molecular weight is 204 g/mol. The van der Waals surface area contributed by atoms with Gasteiger partial charge >= 0.3 is 0 Å². The molecule has 0 aliphatic heterocycles. The second kappa shape index (κ2) is 5.34. The molecular formula is C15H24. The Kier molecular flexibility index (Phi) is 4.38. The van der Waals surface area contributed by atoms with Crippen molar-refractivity contribution < 1.29 is 0 Å². The predicted molar refractivity (Wildman–Crippen MR) is 68.6 cm³/mol. The normalized spacial score (nSPS) is 10.7. The van der Waals surface area contributed by atoms with Crippen molar-refractivity contribution in [2.24, 2.45) is 0 Å². The molecule has 1 rings (SSSR count). The van der Waals surface area contributed by atoms with Crippen LogP contribution in [-0.2, 0) is 6.42 Å². The highest BCUT2D eigenvalue weighted by molar-refractivity contribution is 5.43. The van der Waals surface area contributed by atoms with Crippen molar-refractivity contribution in [3.63, 3.8) is 0 Å². The molecule has 0 unspecified atom stereocenters. The molecule has 0 heteroatoms. The SMILES string of the molecule is CCCCCc1c(C)cc(C)c(C)c1C. The average Bonchev–Trinajstić information content (AvgIpc) is 2.20. The molecule has 0 aliphatic rings. The highest BCUT2D eigenvalue weighted by Crippen LogP contribution is 2.23. The molecule has 0 atom stereocenters. The Balaban J connectivity index is 2.92. The highest BCUT2D eigenvalue weighted by Gasteiger charge is 2.07. The van der Waals surface area contributed by atoms with Crippen LogP contribution >= 0.6 is 0 Å². The zero-order valence-corrected chi connectivity index (χ0v) is 10.9. The van der Waals surface area contributed by atoms with Crippen LogP contribution in [0.4, 0.5) is 0 Å². The smallest absolute Gasteiger partial charge is 0.0274 e. The Labute approximate surface area is 94.7 Å². The van der Waals surface area contributed by atoms with Crippen molar-refractivity contribution in [2.75, 3.05) is 0 Å². The first-order valence-corrected chi connectivity index (χ1v) is 6.14. The molecule has 0 aliphatic carbocycles. The molecule has 0 saturated carbocycles. The third kappa shape index (κ3) is 2.84. The van der Waals surface area contributed by atoms with Gasteiger partial charge in [0.15, 0.2) is 0 Å². The minimum absolute atomic E-state index is 1.26. The summed E-state index contributed by atoms with van der Waals surface area (Å²) in [5, 5.41) is 0. The van der Waals surface area contributed by atoms with Gasteiger partial charge in [0.25, 0.3) is 0 Å². The van der Waals surface area contributed by atoms with E-state index in [4.69, 9.17) is 0 Å². The van der Waals surface area contributed by atoms with Gasteiger partial charge in [0.05, 0.1) is 0 Å². The Morgan fingerprint density at radius 2 is 1.53 bits per heavy atom. The van der Waals surface area contributed by atoms with Crippen LogP contribution in [0, 0.1) is 27.7 Å². The van der Waals surface area contributed by atoms with Crippen LogP contribution in [-0.4, -0.2) is 0 Å². The molecular weight excluding hydrogens is 180 g/mol. The summed E-state index contributed by atoms with van der Waals surface area (Å²) in [7, 11) is 0. The van der Waals surface area contributed by atoms with E-state index in [2.05, 4.69) is 40.7 Å². The van der Waals surface area contributed by atoms with Crippen molar-refractivity contribution in [1.82, 2.24) is 0 Å². The van der Waals surface area contributed by atoms with Crippen LogP contribution in [0.2, 0.25) is 0 Å². The van der Waals surface area contributed by atoms with Gasteiger partial charge in [0.1, 0.15) is 0 Å². The third-order valence-corrected chi connectivity index (χ3v) is 3.55. The maximum absolute atomic E-state index is 2.34. The van der Waals surface area contributed by atoms with Crippen molar-refractivity contribution >= 4 is 0 Å². The summed E-state index contributed by atoms with van der Waals surface area (Å²) in [5.74, 6) is 0. The van der Waals surface area contributed by atoms with Gasteiger partial charge in [-0.15, -0.1) is 0 Å². The zero-order chi connectivity index (χ0) is 11.4. The summed E-state index contributed by atoms with van der Waals surface area (Å²) in [6, 6.07) is 2.34. The molecule has 15 heavy (non-hydrogen) atoms. The maximum atomic E-state index is 2.34. The summed E-state index contributed by atoms with van der Waals surface area (Å²) in [5.41, 5.74) is 7.50. The second-order valence-electron chi connectivity index (χ2n) is 4.70. The minimum atomic E-state index is 1.26. The van der Waals surface area contributed by atoms with Gasteiger partial charge in [-0.1, -0.05) is 25.8 Å². The number of hydrogen-bond acceptors (Lipinski definition) is 0. The van der Waals surface area contributed by atoms with E-state index in [1.807, 2.05) is 0 Å². The summed E-state index contributed by atoms with van der Waals surface area (Å²) < 4.78 is 0. The first-order chi connectivity index (χ1) is 7.07. The number of rotatable bonds is 4. The fourth-order valence-electron chi connectivity index (χ4n) is 2.27. The Morgan fingerprint density at radius 3 is 2.13 bits per heavy atom. The van der Waals surface area contributed by atoms with Gasteiger partial charge in [0.2, 0.25) is 0 Å². The molecule has 84 valence electrons. The van der Waals surface area contributed by atoms with Gasteiger partial charge in [-0.05, 0) is 68.4 Å². The van der Waals surface area contributed by atoms with Crippen molar-refractivity contribution in [3.8, 4) is 0 Å². The Hall–Kier alpha value is -0.780. The quantitative estimate of drug-likeness (QED) is 0.626. The first-order valence-electron chi connectivity index (χ1n) is 6.14. The number of aryl methyl sites for hydroxylation is 2. The van der Waals surface area contributed by atoms with E-state index in [-0.39, 0.29) is 0 Å². The van der Waals surface area contributed by atoms with Gasteiger partial charge in [-0.3, -0.25) is 0 Å². The van der Waals surface area contributed by atoms with E-state index in [0.29, 0.717) is 0 Å². The van der Waals surface area contributed by atoms with E-state index in [0.717, 1.165) is 0 Å². The molecule has 0 heterocycles. The van der Waals surface area contributed by atoms with Gasteiger partial charge in [-0.25, -0.2) is 0 Å². The van der Waals surface area contributed by atoms with Crippen molar-refractivity contribution in [1.29, 1.82) is 0 Å². The standard InChI is InChI=1S/C15H24/c1-6-7-8-9-15-12(3)10-11(2)13(4)14(15)5/h10H,6-9H2,1-5H3. The molecule has 0 saturated heterocycles. The van der Waals surface area contributed by atoms with Crippen LogP contribution in [0.15, 0.2) is 6.07 Å². The topological polar surface area (TPSA) is 0 Å². The summed E-state index contributed by atoms with van der Waals surface area (Å²) >= 11 is 0. The number of unbranched alkanes of at least 4 members (excludes halogenated alkanes) is 2. The molecule has 0 nitrogen and oxygen atoms in total. The fraction of sp³-hybridized carbons (Fsp3) is 0.600. The molecule has 0 N–H and O–H groups in total. The third-order valence-electron chi connectivity index (χ3n) is 3.55. The molecule has 1 aromatic rings. The number of benzene rings is 1. The summed E-state index contributed by atoms with van der Waals surface area (Å²) in [6.45, 7) is 11.2. The molecule has 0 bridgehead atoms. The Bertz CT molecular complexity index is 334. The lowest BCUT2D eigenvalue weighted by molar-refractivity contribution is 0.712. The van der Waals surface area contributed by atoms with E-state index >= 15 is 0 Å². The fourth-order valence-corrected chi connectivity index (χ4v) is 2.27. The van der Waals surface area contributed by atoms with E-state index in [9.17, 15) is 0 Å². The molecule has 1 aromatic carbocycles. The number of hydrogen-bond donors (Lipinski definition) is 0. The summed E-state index contributed by atoms with van der Waals surface area (Å²) in [4.78, 5) is 0.